The minimum atomic E-state index is -2.79. The Hall–Kier alpha value is -0.500. The summed E-state index contributed by atoms with van der Waals surface area (Å²) in [4.78, 5) is 13.9. The Morgan fingerprint density at radius 3 is 2.41 bits per heavy atom. The molecule has 2 fully saturated rings. The smallest absolute Gasteiger partial charge is 0.410 e. The SMILES string of the molecule is CC(C)(C)OC(=O)N1CCCC(N2CCC(C)(C)S2(O)O)C1. The third kappa shape index (κ3) is 3.53. The van der Waals surface area contributed by atoms with Gasteiger partial charge in [-0.1, -0.05) is 0 Å². The van der Waals surface area contributed by atoms with Crippen molar-refractivity contribution in [2.45, 2.75) is 70.3 Å². The zero-order valence-corrected chi connectivity index (χ0v) is 15.2. The van der Waals surface area contributed by atoms with E-state index in [0.717, 1.165) is 19.3 Å². The number of amides is 1. The molecule has 0 aliphatic carbocycles. The molecule has 7 heteroatoms. The number of carbonyl (C=O) groups excluding carboxylic acids is 1. The molecule has 1 unspecified atom stereocenters. The van der Waals surface area contributed by atoms with Crippen molar-refractivity contribution in [3.63, 3.8) is 0 Å². The molecular formula is C15H30N2O4S. The Labute approximate surface area is 135 Å². The number of piperidine rings is 1. The molecule has 130 valence electrons. The number of likely N-dealkylation sites (tertiary alicyclic amines) is 1. The molecule has 1 atom stereocenters. The standard InChI is InChI=1S/C15H30N2O4S/c1-14(2,3)21-13(18)16-9-6-7-12(11-16)17-10-8-15(4,5)22(17,19)20/h12,19-20H,6-11H2,1-5H3. The molecule has 2 saturated heterocycles. The van der Waals surface area contributed by atoms with Crippen LogP contribution >= 0.6 is 10.8 Å². The zero-order chi connectivity index (χ0) is 16.8. The van der Waals surface area contributed by atoms with E-state index >= 15 is 0 Å². The fourth-order valence-electron chi connectivity index (χ4n) is 3.03. The van der Waals surface area contributed by atoms with Crippen LogP contribution in [0.4, 0.5) is 4.79 Å². The summed E-state index contributed by atoms with van der Waals surface area (Å²) >= 11 is 0. The van der Waals surface area contributed by atoms with Gasteiger partial charge in [0.25, 0.3) is 0 Å². The molecule has 2 rings (SSSR count). The molecule has 0 aromatic heterocycles. The van der Waals surface area contributed by atoms with Crippen LogP contribution in [-0.2, 0) is 4.74 Å². The summed E-state index contributed by atoms with van der Waals surface area (Å²) in [5.41, 5.74) is -0.511. The molecular weight excluding hydrogens is 304 g/mol. The number of hydrogen-bond donors (Lipinski definition) is 2. The van der Waals surface area contributed by atoms with Gasteiger partial charge in [-0.2, -0.15) is 0 Å². The van der Waals surface area contributed by atoms with Crippen molar-refractivity contribution in [1.82, 2.24) is 9.21 Å². The van der Waals surface area contributed by atoms with E-state index in [4.69, 9.17) is 4.74 Å². The summed E-state index contributed by atoms with van der Waals surface area (Å²) in [6.45, 7) is 11.2. The summed E-state index contributed by atoms with van der Waals surface area (Å²) < 4.78 is 27.9. The predicted molar refractivity (Wildman–Crippen MR) is 89.1 cm³/mol. The predicted octanol–water partition coefficient (Wildman–Crippen LogP) is 3.54. The van der Waals surface area contributed by atoms with E-state index in [-0.39, 0.29) is 12.1 Å². The van der Waals surface area contributed by atoms with Gasteiger partial charge in [-0.3, -0.25) is 9.11 Å². The Morgan fingerprint density at radius 1 is 1.27 bits per heavy atom. The van der Waals surface area contributed by atoms with Crippen molar-refractivity contribution in [1.29, 1.82) is 0 Å². The molecule has 2 N–H and O–H groups in total. The largest absolute Gasteiger partial charge is 0.444 e. The van der Waals surface area contributed by atoms with E-state index in [9.17, 15) is 13.9 Å². The van der Waals surface area contributed by atoms with Gasteiger partial charge in [-0.25, -0.2) is 9.10 Å². The molecule has 6 nitrogen and oxygen atoms in total. The van der Waals surface area contributed by atoms with Crippen LogP contribution in [0.3, 0.4) is 0 Å². The summed E-state index contributed by atoms with van der Waals surface area (Å²) in [5.74, 6) is 0. The highest BCUT2D eigenvalue weighted by atomic mass is 32.3. The highest BCUT2D eigenvalue weighted by Gasteiger charge is 2.48. The highest BCUT2D eigenvalue weighted by molar-refractivity contribution is 8.23. The highest BCUT2D eigenvalue weighted by Crippen LogP contribution is 2.62. The second-order valence-corrected chi connectivity index (χ2v) is 10.5. The summed E-state index contributed by atoms with van der Waals surface area (Å²) in [7, 11) is -2.79. The maximum Gasteiger partial charge on any atom is 0.410 e. The van der Waals surface area contributed by atoms with E-state index in [2.05, 4.69) is 0 Å². The van der Waals surface area contributed by atoms with Gasteiger partial charge in [-0.05, 0) is 53.9 Å². The topological polar surface area (TPSA) is 73.2 Å². The van der Waals surface area contributed by atoms with Gasteiger partial charge >= 0.3 is 6.09 Å². The molecule has 0 radical (unpaired) electrons. The minimum Gasteiger partial charge on any atom is -0.444 e. The zero-order valence-electron chi connectivity index (χ0n) is 14.3. The first-order chi connectivity index (χ1) is 9.94. The van der Waals surface area contributed by atoms with Gasteiger partial charge < -0.3 is 9.64 Å². The number of nitrogens with zero attached hydrogens (tertiary/aromatic N) is 2. The average molecular weight is 334 g/mol. The van der Waals surface area contributed by atoms with Crippen LogP contribution in [0.15, 0.2) is 0 Å². The summed E-state index contributed by atoms with van der Waals surface area (Å²) in [6.07, 6.45) is 2.19. The first-order valence-corrected chi connectivity index (χ1v) is 9.47. The molecule has 0 saturated carbocycles. The van der Waals surface area contributed by atoms with Gasteiger partial charge in [-0.15, -0.1) is 10.8 Å². The molecule has 0 aromatic carbocycles. The summed E-state index contributed by atoms with van der Waals surface area (Å²) in [6, 6.07) is -0.00644. The van der Waals surface area contributed by atoms with Gasteiger partial charge in [0.05, 0.1) is 4.75 Å². The third-order valence-corrected chi connectivity index (χ3v) is 7.28. The molecule has 0 aromatic rings. The van der Waals surface area contributed by atoms with Crippen LogP contribution in [-0.4, -0.2) is 60.4 Å². The molecule has 2 aliphatic rings. The van der Waals surface area contributed by atoms with Gasteiger partial charge in [0.2, 0.25) is 0 Å². The van der Waals surface area contributed by atoms with Crippen LogP contribution in [0, 0.1) is 0 Å². The lowest BCUT2D eigenvalue weighted by molar-refractivity contribution is 0.0154. The van der Waals surface area contributed by atoms with E-state index in [1.165, 1.54) is 0 Å². The Kier molecular flexibility index (Phi) is 4.75. The van der Waals surface area contributed by atoms with Crippen molar-refractivity contribution in [2.24, 2.45) is 0 Å². The van der Waals surface area contributed by atoms with E-state index in [1.807, 2.05) is 38.9 Å². The third-order valence-electron chi connectivity index (χ3n) is 4.46. The van der Waals surface area contributed by atoms with Crippen LogP contribution in [0.25, 0.3) is 0 Å². The number of rotatable bonds is 1. The lowest BCUT2D eigenvalue weighted by Gasteiger charge is -2.50. The van der Waals surface area contributed by atoms with E-state index < -0.39 is 21.1 Å². The first kappa shape index (κ1) is 17.8. The van der Waals surface area contributed by atoms with Gasteiger partial charge in [0.15, 0.2) is 0 Å². The quantitative estimate of drug-likeness (QED) is 0.767. The fraction of sp³-hybridized carbons (Fsp3) is 0.933. The summed E-state index contributed by atoms with van der Waals surface area (Å²) in [5, 5.41) is 0. The van der Waals surface area contributed by atoms with Gasteiger partial charge in [0.1, 0.15) is 5.60 Å². The van der Waals surface area contributed by atoms with Crippen LogP contribution < -0.4 is 0 Å². The second-order valence-electron chi connectivity index (χ2n) is 7.89. The maximum absolute atomic E-state index is 12.2. The molecule has 0 bridgehead atoms. The van der Waals surface area contributed by atoms with Crippen LogP contribution in [0.1, 0.15) is 53.9 Å². The molecule has 1 amide bonds. The van der Waals surface area contributed by atoms with Crippen LogP contribution in [0.5, 0.6) is 0 Å². The number of hydrogen-bond acceptors (Lipinski definition) is 5. The van der Waals surface area contributed by atoms with E-state index in [1.54, 1.807) is 4.90 Å². The second kappa shape index (κ2) is 5.85. The van der Waals surface area contributed by atoms with Gasteiger partial charge in [0, 0.05) is 25.7 Å². The first-order valence-electron chi connectivity index (χ1n) is 7.96. The van der Waals surface area contributed by atoms with Crippen molar-refractivity contribution in [2.75, 3.05) is 19.6 Å². The normalized spacial score (nSPS) is 30.1. The average Bonchev–Trinajstić information content (AvgIpc) is 2.57. The Balaban J connectivity index is 2.04. The molecule has 2 aliphatic heterocycles. The van der Waals surface area contributed by atoms with Crippen LogP contribution in [0.2, 0.25) is 0 Å². The van der Waals surface area contributed by atoms with Crippen molar-refractivity contribution >= 4 is 16.9 Å². The van der Waals surface area contributed by atoms with Crippen molar-refractivity contribution in [3.05, 3.63) is 0 Å². The van der Waals surface area contributed by atoms with Crippen molar-refractivity contribution in [3.8, 4) is 0 Å². The monoisotopic (exact) mass is 334 g/mol. The molecule has 0 spiro atoms. The number of ether oxygens (including phenoxy) is 1. The lowest BCUT2D eigenvalue weighted by Crippen LogP contribution is -2.51. The minimum absolute atomic E-state index is 0.00644. The van der Waals surface area contributed by atoms with E-state index in [0.29, 0.717) is 19.6 Å². The van der Waals surface area contributed by atoms with Crippen molar-refractivity contribution < 1.29 is 18.6 Å². The Morgan fingerprint density at radius 2 is 1.91 bits per heavy atom. The lowest BCUT2D eigenvalue weighted by atomic mass is 10.1. The number of carbonyl (C=O) groups is 1. The molecule has 22 heavy (non-hydrogen) atoms. The Bertz CT molecular complexity index is 434. The molecule has 2 heterocycles. The maximum atomic E-state index is 12.2. The fourth-order valence-corrected chi connectivity index (χ4v) is 4.97.